The van der Waals surface area contributed by atoms with Crippen LogP contribution in [0, 0.1) is 0 Å². The van der Waals surface area contributed by atoms with Gasteiger partial charge in [-0.15, -0.1) is 23.9 Å². The molecule has 0 radical (unpaired) electrons. The van der Waals surface area contributed by atoms with Crippen LogP contribution in [0.2, 0.25) is 5.04 Å². The van der Waals surface area contributed by atoms with Gasteiger partial charge in [-0.25, -0.2) is 0 Å². The first-order valence-electron chi connectivity index (χ1n) is 3.47. The third-order valence-electron chi connectivity index (χ3n) is 1.61. The maximum atomic E-state index is 6.01. The predicted molar refractivity (Wildman–Crippen MR) is 51.5 cm³/mol. The molecule has 1 N–H and O–H groups in total. The molecule has 0 saturated carbocycles. The molecule has 0 aromatic rings. The first-order chi connectivity index (χ1) is 4.54. The number of alkyl halides is 1. The highest BCUT2D eigenvalue weighted by Gasteiger charge is 2.24. The molecule has 0 saturated heterocycles. The zero-order chi connectivity index (χ0) is 8.20. The molecule has 0 amide bonds. The van der Waals surface area contributed by atoms with E-state index in [1.54, 1.807) is 0 Å². The van der Waals surface area contributed by atoms with Crippen molar-refractivity contribution in [1.82, 2.24) is 5.32 Å². The van der Waals surface area contributed by atoms with E-state index < -0.39 is 0 Å². The molecule has 0 aliphatic rings. The average molecular weight is 178 g/mol. The fourth-order valence-electron chi connectivity index (χ4n) is 0.866. The minimum atomic E-state index is -0.239. The summed E-state index contributed by atoms with van der Waals surface area (Å²) in [4.78, 5) is 0. The molecule has 10 heavy (non-hydrogen) atoms. The van der Waals surface area contributed by atoms with Gasteiger partial charge in [0.05, 0.1) is 15.0 Å². The monoisotopic (exact) mass is 177 g/mol. The van der Waals surface area contributed by atoms with Crippen LogP contribution >= 0.6 is 11.6 Å². The Bertz CT molecular complexity index is 114. The second-order valence-corrected chi connectivity index (χ2v) is 6.38. The lowest BCUT2D eigenvalue weighted by Gasteiger charge is -2.27. The molecule has 0 fully saturated rings. The smallest absolute Gasteiger partial charge is 0.0848 e. The lowest BCUT2D eigenvalue weighted by atomic mass is 10.2. The van der Waals surface area contributed by atoms with Crippen molar-refractivity contribution in [1.29, 1.82) is 0 Å². The standard InChI is InChI=1S/C7H16ClNSi/c1-5-10-7(2,3)6(8)9-4/h5-6,9H,1,10H2,2-4H3. The van der Waals surface area contributed by atoms with Gasteiger partial charge in [-0.05, 0) is 12.1 Å². The zero-order valence-electron chi connectivity index (χ0n) is 6.95. The van der Waals surface area contributed by atoms with Crippen LogP contribution in [0.3, 0.4) is 0 Å². The summed E-state index contributed by atoms with van der Waals surface area (Å²) in [5.74, 6) is 0. The summed E-state index contributed by atoms with van der Waals surface area (Å²) in [6, 6.07) is 0. The second kappa shape index (κ2) is 4.16. The summed E-state index contributed by atoms with van der Waals surface area (Å²) >= 11 is 6.01. The van der Waals surface area contributed by atoms with Crippen LogP contribution in [0.15, 0.2) is 12.3 Å². The highest BCUT2D eigenvalue weighted by molar-refractivity contribution is 6.48. The summed E-state index contributed by atoms with van der Waals surface area (Å²) in [5, 5.41) is 3.28. The zero-order valence-corrected chi connectivity index (χ0v) is 9.12. The highest BCUT2D eigenvalue weighted by Crippen LogP contribution is 2.29. The molecule has 0 heterocycles. The Morgan fingerprint density at radius 1 is 1.70 bits per heavy atom. The first kappa shape index (κ1) is 10.2. The fraction of sp³-hybridized carbons (Fsp3) is 0.714. The van der Waals surface area contributed by atoms with Crippen molar-refractivity contribution in [3.8, 4) is 0 Å². The largest absolute Gasteiger partial charge is 0.304 e. The van der Waals surface area contributed by atoms with Gasteiger partial charge in [0.2, 0.25) is 0 Å². The Morgan fingerprint density at radius 3 is 2.50 bits per heavy atom. The number of hydrogen-bond donors (Lipinski definition) is 1. The van der Waals surface area contributed by atoms with Crippen LogP contribution in [0.5, 0.6) is 0 Å². The van der Waals surface area contributed by atoms with Gasteiger partial charge in [0.1, 0.15) is 0 Å². The lowest BCUT2D eigenvalue weighted by molar-refractivity contribution is 0.562. The summed E-state index contributed by atoms with van der Waals surface area (Å²) in [6.07, 6.45) is 0. The van der Waals surface area contributed by atoms with Gasteiger partial charge < -0.3 is 5.32 Å². The van der Waals surface area contributed by atoms with E-state index in [4.69, 9.17) is 11.6 Å². The van der Waals surface area contributed by atoms with Crippen molar-refractivity contribution in [3.63, 3.8) is 0 Å². The van der Waals surface area contributed by atoms with Crippen molar-refractivity contribution in [2.45, 2.75) is 24.4 Å². The van der Waals surface area contributed by atoms with Gasteiger partial charge >= 0.3 is 0 Å². The molecule has 0 bridgehead atoms. The SMILES string of the molecule is C=C[SiH2]C(C)(C)C(Cl)NC. The molecule has 0 aromatic heterocycles. The maximum Gasteiger partial charge on any atom is 0.0848 e. The lowest BCUT2D eigenvalue weighted by Crippen LogP contribution is -2.33. The molecule has 60 valence electrons. The Morgan fingerprint density at radius 2 is 2.20 bits per heavy atom. The van der Waals surface area contributed by atoms with Gasteiger partial charge in [0.25, 0.3) is 0 Å². The fourth-order valence-corrected chi connectivity index (χ4v) is 2.29. The van der Waals surface area contributed by atoms with Gasteiger partial charge in [-0.3, -0.25) is 0 Å². The molecule has 0 aliphatic carbocycles. The van der Waals surface area contributed by atoms with Crippen LogP contribution in [-0.4, -0.2) is 22.1 Å². The van der Waals surface area contributed by atoms with Crippen molar-refractivity contribution in [2.24, 2.45) is 0 Å². The van der Waals surface area contributed by atoms with E-state index in [1.165, 1.54) is 0 Å². The molecule has 0 aromatic carbocycles. The van der Waals surface area contributed by atoms with E-state index >= 15 is 0 Å². The van der Waals surface area contributed by atoms with Gasteiger partial charge in [0.15, 0.2) is 0 Å². The number of rotatable bonds is 4. The first-order valence-corrected chi connectivity index (χ1v) is 5.43. The van der Waals surface area contributed by atoms with E-state index in [-0.39, 0.29) is 20.1 Å². The number of nitrogens with one attached hydrogen (secondary N) is 1. The van der Waals surface area contributed by atoms with E-state index in [2.05, 4.69) is 25.7 Å². The molecule has 1 unspecified atom stereocenters. The second-order valence-electron chi connectivity index (χ2n) is 3.13. The molecular formula is C7H16ClNSi. The molecule has 3 heteroatoms. The molecular weight excluding hydrogens is 162 g/mol. The van der Waals surface area contributed by atoms with E-state index in [9.17, 15) is 0 Å². The molecule has 1 nitrogen and oxygen atoms in total. The maximum absolute atomic E-state index is 6.01. The van der Waals surface area contributed by atoms with Crippen LogP contribution in [0.4, 0.5) is 0 Å². The van der Waals surface area contributed by atoms with Crippen LogP contribution < -0.4 is 5.32 Å². The van der Waals surface area contributed by atoms with Crippen molar-refractivity contribution in [2.75, 3.05) is 7.05 Å². The Balaban J connectivity index is 3.94. The Hall–Kier alpha value is 0.207. The predicted octanol–water partition coefficient (Wildman–Crippen LogP) is 1.28. The van der Waals surface area contributed by atoms with E-state index in [0.717, 1.165) is 0 Å². The van der Waals surface area contributed by atoms with Crippen molar-refractivity contribution in [3.05, 3.63) is 12.3 Å². The summed E-state index contributed by atoms with van der Waals surface area (Å²) < 4.78 is 0. The molecule has 0 rings (SSSR count). The minimum Gasteiger partial charge on any atom is -0.304 e. The van der Waals surface area contributed by atoms with Crippen LogP contribution in [0.25, 0.3) is 0 Å². The third-order valence-corrected chi connectivity index (χ3v) is 4.43. The molecule has 1 atom stereocenters. The Labute approximate surface area is 70.7 Å². The number of halogens is 1. The van der Waals surface area contributed by atoms with E-state index in [1.807, 2.05) is 12.7 Å². The third kappa shape index (κ3) is 2.86. The minimum absolute atomic E-state index is 0.0807. The van der Waals surface area contributed by atoms with Crippen molar-refractivity contribution >= 4 is 21.1 Å². The summed E-state index contributed by atoms with van der Waals surface area (Å²) in [5.41, 5.74) is 2.12. The average Bonchev–Trinajstić information content (AvgIpc) is 1.86. The summed E-state index contributed by atoms with van der Waals surface area (Å²) in [6.45, 7) is 8.09. The quantitative estimate of drug-likeness (QED) is 0.388. The molecule has 0 spiro atoms. The van der Waals surface area contributed by atoms with Gasteiger partial charge in [0, 0.05) is 0 Å². The topological polar surface area (TPSA) is 12.0 Å². The van der Waals surface area contributed by atoms with Gasteiger partial charge in [-0.1, -0.05) is 13.8 Å². The number of hydrogen-bond acceptors (Lipinski definition) is 1. The highest BCUT2D eigenvalue weighted by atomic mass is 35.5. The summed E-state index contributed by atoms with van der Waals surface area (Å²) in [7, 11) is 1.65. The van der Waals surface area contributed by atoms with E-state index in [0.29, 0.717) is 0 Å². The van der Waals surface area contributed by atoms with Crippen LogP contribution in [-0.2, 0) is 0 Å². The van der Waals surface area contributed by atoms with Gasteiger partial charge in [-0.2, -0.15) is 0 Å². The normalized spacial score (nSPS) is 16.0. The Kier molecular flexibility index (Phi) is 4.25. The van der Waals surface area contributed by atoms with Crippen LogP contribution in [0.1, 0.15) is 13.8 Å². The molecule has 0 aliphatic heterocycles. The van der Waals surface area contributed by atoms with Crippen molar-refractivity contribution < 1.29 is 0 Å².